The second kappa shape index (κ2) is 6.92. The normalized spacial score (nSPS) is 10.3. The van der Waals surface area contributed by atoms with Gasteiger partial charge in [-0.05, 0) is 30.7 Å². The van der Waals surface area contributed by atoms with Crippen molar-refractivity contribution in [1.82, 2.24) is 0 Å². The largest absolute Gasteiger partial charge is 0.493 e. The van der Waals surface area contributed by atoms with Crippen molar-refractivity contribution in [3.63, 3.8) is 0 Å². The van der Waals surface area contributed by atoms with Gasteiger partial charge < -0.3 is 14.8 Å². The molecule has 21 heavy (non-hydrogen) atoms. The summed E-state index contributed by atoms with van der Waals surface area (Å²) in [4.78, 5) is 0. The number of anilines is 1. The van der Waals surface area contributed by atoms with Crippen LogP contribution in [-0.4, -0.2) is 20.3 Å². The first-order chi connectivity index (χ1) is 10.1. The maximum Gasteiger partial charge on any atom is 0.161 e. The van der Waals surface area contributed by atoms with Crippen molar-refractivity contribution in [3.8, 4) is 11.5 Å². The summed E-state index contributed by atoms with van der Waals surface area (Å²) in [5.41, 5.74) is 0.407. The fourth-order valence-corrected chi connectivity index (χ4v) is 1.87. The molecule has 0 spiro atoms. The van der Waals surface area contributed by atoms with Crippen molar-refractivity contribution < 1.29 is 18.3 Å². The van der Waals surface area contributed by atoms with E-state index in [4.69, 9.17) is 9.47 Å². The van der Waals surface area contributed by atoms with E-state index in [0.717, 1.165) is 6.07 Å². The summed E-state index contributed by atoms with van der Waals surface area (Å²) in [6.45, 7) is 2.17. The molecule has 0 aromatic heterocycles. The summed E-state index contributed by atoms with van der Waals surface area (Å²) in [5.74, 6) is 0.318. The van der Waals surface area contributed by atoms with Crippen LogP contribution in [0.15, 0.2) is 36.4 Å². The molecule has 0 heterocycles. The van der Waals surface area contributed by atoms with Crippen molar-refractivity contribution in [1.29, 1.82) is 0 Å². The monoisotopic (exact) mass is 293 g/mol. The predicted molar refractivity (Wildman–Crippen MR) is 78.1 cm³/mol. The Hall–Kier alpha value is -2.30. The summed E-state index contributed by atoms with van der Waals surface area (Å²) in [6, 6.07) is 9.56. The number of halogens is 2. The Kier molecular flexibility index (Phi) is 4.98. The molecule has 0 aliphatic rings. The molecule has 0 bridgehead atoms. The molecule has 0 saturated carbocycles. The Morgan fingerprint density at radius 3 is 2.48 bits per heavy atom. The van der Waals surface area contributed by atoms with Crippen LogP contribution in [0.4, 0.5) is 14.5 Å². The number of para-hydroxylation sites is 2. The van der Waals surface area contributed by atoms with Crippen molar-refractivity contribution in [2.45, 2.75) is 6.92 Å². The SMILES string of the molecule is COc1ccccc1OCCNc1cc(F)c(C)cc1F. The Morgan fingerprint density at radius 1 is 1.05 bits per heavy atom. The Morgan fingerprint density at radius 2 is 1.76 bits per heavy atom. The van der Waals surface area contributed by atoms with E-state index in [0.29, 0.717) is 24.7 Å². The molecule has 0 fully saturated rings. The summed E-state index contributed by atoms with van der Waals surface area (Å²) in [6.07, 6.45) is 0. The molecule has 2 aromatic carbocycles. The van der Waals surface area contributed by atoms with E-state index in [1.54, 1.807) is 19.2 Å². The molecule has 3 nitrogen and oxygen atoms in total. The number of rotatable bonds is 6. The second-order valence-corrected chi connectivity index (χ2v) is 4.51. The van der Waals surface area contributed by atoms with Gasteiger partial charge in [0.1, 0.15) is 18.2 Å². The molecule has 2 aromatic rings. The fourth-order valence-electron chi connectivity index (χ4n) is 1.87. The number of methoxy groups -OCH3 is 1. The second-order valence-electron chi connectivity index (χ2n) is 4.51. The standard InChI is InChI=1S/C16H17F2NO2/c1-11-9-13(18)14(10-12(11)17)19-7-8-21-16-6-4-3-5-15(16)20-2/h3-6,9-10,19H,7-8H2,1-2H3. The highest BCUT2D eigenvalue weighted by Crippen LogP contribution is 2.25. The maximum absolute atomic E-state index is 13.6. The van der Waals surface area contributed by atoms with Crippen LogP contribution in [0.2, 0.25) is 0 Å². The zero-order valence-corrected chi connectivity index (χ0v) is 12.0. The van der Waals surface area contributed by atoms with Crippen molar-refractivity contribution >= 4 is 5.69 Å². The van der Waals surface area contributed by atoms with Crippen molar-refractivity contribution in [2.75, 3.05) is 25.6 Å². The summed E-state index contributed by atoms with van der Waals surface area (Å²) >= 11 is 0. The van der Waals surface area contributed by atoms with Crippen LogP contribution in [0.3, 0.4) is 0 Å². The van der Waals surface area contributed by atoms with Crippen LogP contribution in [0.5, 0.6) is 11.5 Å². The zero-order chi connectivity index (χ0) is 15.2. The highest BCUT2D eigenvalue weighted by molar-refractivity contribution is 5.47. The van der Waals surface area contributed by atoms with Gasteiger partial charge in [-0.25, -0.2) is 8.78 Å². The van der Waals surface area contributed by atoms with Crippen LogP contribution in [0, 0.1) is 18.6 Å². The van der Waals surface area contributed by atoms with E-state index in [9.17, 15) is 8.78 Å². The van der Waals surface area contributed by atoms with Gasteiger partial charge in [0.05, 0.1) is 12.8 Å². The van der Waals surface area contributed by atoms with E-state index < -0.39 is 11.6 Å². The lowest BCUT2D eigenvalue weighted by Crippen LogP contribution is -2.13. The molecule has 112 valence electrons. The lowest BCUT2D eigenvalue weighted by atomic mass is 10.2. The van der Waals surface area contributed by atoms with Gasteiger partial charge in [0.2, 0.25) is 0 Å². The average Bonchev–Trinajstić information content (AvgIpc) is 2.49. The Balaban J connectivity index is 1.89. The molecule has 2 rings (SSSR count). The number of benzene rings is 2. The molecule has 0 radical (unpaired) electrons. The van der Waals surface area contributed by atoms with E-state index in [1.807, 2.05) is 12.1 Å². The molecule has 0 amide bonds. The van der Waals surface area contributed by atoms with E-state index in [-0.39, 0.29) is 11.3 Å². The highest BCUT2D eigenvalue weighted by Gasteiger charge is 2.07. The van der Waals surface area contributed by atoms with Gasteiger partial charge in [-0.15, -0.1) is 0 Å². The maximum atomic E-state index is 13.6. The number of aryl methyl sites for hydroxylation is 1. The third-order valence-corrected chi connectivity index (χ3v) is 2.99. The fraction of sp³-hybridized carbons (Fsp3) is 0.250. The van der Waals surface area contributed by atoms with Gasteiger partial charge in [0.15, 0.2) is 11.5 Å². The first-order valence-electron chi connectivity index (χ1n) is 6.57. The van der Waals surface area contributed by atoms with E-state index in [1.165, 1.54) is 13.0 Å². The van der Waals surface area contributed by atoms with E-state index in [2.05, 4.69) is 5.32 Å². The smallest absolute Gasteiger partial charge is 0.161 e. The van der Waals surface area contributed by atoms with Crippen molar-refractivity contribution in [3.05, 3.63) is 53.6 Å². The first kappa shape index (κ1) is 15.1. The molecule has 0 atom stereocenters. The molecule has 0 unspecified atom stereocenters. The number of nitrogens with one attached hydrogen (secondary N) is 1. The number of hydrogen-bond donors (Lipinski definition) is 1. The topological polar surface area (TPSA) is 30.5 Å². The van der Waals surface area contributed by atoms with Gasteiger partial charge in [0, 0.05) is 12.6 Å². The summed E-state index contributed by atoms with van der Waals surface area (Å²) in [7, 11) is 1.56. The van der Waals surface area contributed by atoms with E-state index >= 15 is 0 Å². The quantitative estimate of drug-likeness (QED) is 0.822. The number of ether oxygens (including phenoxy) is 2. The van der Waals surface area contributed by atoms with Crippen LogP contribution in [-0.2, 0) is 0 Å². The third-order valence-electron chi connectivity index (χ3n) is 2.99. The Labute approximate surface area is 122 Å². The molecule has 1 N–H and O–H groups in total. The molecule has 0 aliphatic heterocycles. The third kappa shape index (κ3) is 3.84. The first-order valence-corrected chi connectivity index (χ1v) is 6.57. The van der Waals surface area contributed by atoms with Crippen LogP contribution < -0.4 is 14.8 Å². The molecule has 0 saturated heterocycles. The van der Waals surface area contributed by atoms with Crippen LogP contribution in [0.1, 0.15) is 5.56 Å². The van der Waals surface area contributed by atoms with Gasteiger partial charge in [-0.3, -0.25) is 0 Å². The molecule has 5 heteroatoms. The van der Waals surface area contributed by atoms with Crippen molar-refractivity contribution in [2.24, 2.45) is 0 Å². The highest BCUT2D eigenvalue weighted by atomic mass is 19.1. The minimum absolute atomic E-state index is 0.127. The number of hydrogen-bond acceptors (Lipinski definition) is 3. The Bertz CT molecular complexity index is 617. The molecule has 0 aliphatic carbocycles. The lowest BCUT2D eigenvalue weighted by Gasteiger charge is -2.12. The van der Waals surface area contributed by atoms with Gasteiger partial charge in [0.25, 0.3) is 0 Å². The van der Waals surface area contributed by atoms with Gasteiger partial charge in [-0.2, -0.15) is 0 Å². The molecular formula is C16H17F2NO2. The predicted octanol–water partition coefficient (Wildman–Crippen LogP) is 3.77. The summed E-state index contributed by atoms with van der Waals surface area (Å²) in [5, 5.41) is 2.81. The van der Waals surface area contributed by atoms with Gasteiger partial charge in [-0.1, -0.05) is 12.1 Å². The minimum atomic E-state index is -0.480. The van der Waals surface area contributed by atoms with Gasteiger partial charge >= 0.3 is 0 Å². The zero-order valence-electron chi connectivity index (χ0n) is 12.0. The van der Waals surface area contributed by atoms with Crippen LogP contribution >= 0.6 is 0 Å². The average molecular weight is 293 g/mol. The molecular weight excluding hydrogens is 276 g/mol. The minimum Gasteiger partial charge on any atom is -0.493 e. The van der Waals surface area contributed by atoms with Crippen LogP contribution in [0.25, 0.3) is 0 Å². The lowest BCUT2D eigenvalue weighted by molar-refractivity contribution is 0.305. The summed E-state index contributed by atoms with van der Waals surface area (Å²) < 4.78 is 37.7.